The summed E-state index contributed by atoms with van der Waals surface area (Å²) in [5.74, 6) is -1.81. The number of rotatable bonds is 3. The number of nitrogens with zero attached hydrogens (tertiary/aromatic N) is 2. The Kier molecular flexibility index (Phi) is 6.90. The third-order valence-corrected chi connectivity index (χ3v) is 7.95. The van der Waals surface area contributed by atoms with E-state index in [0.717, 1.165) is 0 Å². The molecule has 0 N–H and O–H groups in total. The van der Waals surface area contributed by atoms with E-state index in [0.29, 0.717) is 12.1 Å². The highest BCUT2D eigenvalue weighted by atomic mass is 35.5. The molecule has 2 unspecified atom stereocenters. The molecule has 0 saturated carbocycles. The zero-order valence-corrected chi connectivity index (χ0v) is 19.0. The van der Waals surface area contributed by atoms with Crippen molar-refractivity contribution in [2.45, 2.75) is 19.4 Å². The zero-order valence-electron chi connectivity index (χ0n) is 12.9. The predicted molar refractivity (Wildman–Crippen MR) is 104 cm³/mol. The predicted octanol–water partition coefficient (Wildman–Crippen LogP) is 7.41. The topological polar surface area (TPSA) is 44.1 Å². The highest BCUT2D eigenvalue weighted by Crippen LogP contribution is 2.60. The Bertz CT molecular complexity index is 949. The minimum Gasteiger partial charge on any atom is -0.279 e. The molecule has 1 aromatic carbocycles. The molecule has 3 nitrogen and oxygen atoms in total. The summed E-state index contributed by atoms with van der Waals surface area (Å²) in [5, 5.41) is 7.74. The molecule has 2 rings (SSSR count). The van der Waals surface area contributed by atoms with E-state index < -0.39 is 62.4 Å². The standard InChI is InChI=1S/C13H2Cl7F5N2OS/c14-5-1-4(11(22,23)24)2-6(15)7(5)27-9(21)8(29(28)13(19,20)25)10(16,3-26)12(27,17)18/h1-2H. The molecule has 0 radical (unpaired) electrons. The van der Waals surface area contributed by atoms with Crippen molar-refractivity contribution in [2.24, 2.45) is 0 Å². The third-order valence-electron chi connectivity index (χ3n) is 3.51. The van der Waals surface area contributed by atoms with Crippen LogP contribution in [-0.2, 0) is 17.0 Å². The molecule has 0 aliphatic carbocycles. The molecule has 1 aliphatic rings. The van der Waals surface area contributed by atoms with Gasteiger partial charge in [-0.2, -0.15) is 27.2 Å². The summed E-state index contributed by atoms with van der Waals surface area (Å²) in [4.78, 5) is -4.27. The van der Waals surface area contributed by atoms with Gasteiger partial charge in [-0.3, -0.25) is 4.90 Å². The van der Waals surface area contributed by atoms with Gasteiger partial charge in [-0.15, -0.1) is 0 Å². The molecule has 1 aliphatic heterocycles. The largest absolute Gasteiger partial charge is 0.416 e. The number of anilines is 1. The second kappa shape index (κ2) is 7.89. The van der Waals surface area contributed by atoms with Crippen LogP contribution in [0.5, 0.6) is 0 Å². The quantitative estimate of drug-likeness (QED) is 0.214. The molecule has 160 valence electrons. The van der Waals surface area contributed by atoms with E-state index in [1.165, 1.54) is 6.07 Å². The summed E-state index contributed by atoms with van der Waals surface area (Å²) in [6.45, 7) is 0. The van der Waals surface area contributed by atoms with Gasteiger partial charge in [0.05, 0.1) is 27.4 Å². The van der Waals surface area contributed by atoms with Crippen molar-refractivity contribution in [3.63, 3.8) is 0 Å². The van der Waals surface area contributed by atoms with E-state index in [4.69, 9.17) is 81.2 Å². The highest BCUT2D eigenvalue weighted by Gasteiger charge is 2.68. The Balaban J connectivity index is 2.85. The Morgan fingerprint density at radius 2 is 1.52 bits per heavy atom. The van der Waals surface area contributed by atoms with Crippen LogP contribution < -0.4 is 4.90 Å². The van der Waals surface area contributed by atoms with Crippen molar-refractivity contribution >= 4 is 97.7 Å². The summed E-state index contributed by atoms with van der Waals surface area (Å²) >= 11 is 39.7. The van der Waals surface area contributed by atoms with Crippen LogP contribution in [0.15, 0.2) is 23.0 Å². The monoisotopic (exact) mass is 574 g/mol. The average Bonchev–Trinajstić information content (AvgIpc) is 2.69. The van der Waals surface area contributed by atoms with Gasteiger partial charge < -0.3 is 0 Å². The molecule has 0 amide bonds. The van der Waals surface area contributed by atoms with Gasteiger partial charge in [0.15, 0.2) is 0 Å². The van der Waals surface area contributed by atoms with Crippen LogP contribution >= 0.6 is 81.2 Å². The third kappa shape index (κ3) is 4.12. The first-order valence-corrected chi connectivity index (χ1v) is 10.4. The Hall–Kier alpha value is 0.0800. The lowest BCUT2D eigenvalue weighted by atomic mass is 10.1. The lowest BCUT2D eigenvalue weighted by Gasteiger charge is -2.35. The van der Waals surface area contributed by atoms with Crippen molar-refractivity contribution < 1.29 is 26.2 Å². The molecule has 0 saturated heterocycles. The van der Waals surface area contributed by atoms with Crippen molar-refractivity contribution in [3.05, 3.63) is 38.6 Å². The normalized spacial score (nSPS) is 23.3. The fourth-order valence-electron chi connectivity index (χ4n) is 2.28. The average molecular weight is 577 g/mol. The second-order valence-corrected chi connectivity index (χ2v) is 11.1. The van der Waals surface area contributed by atoms with Crippen molar-refractivity contribution in [1.82, 2.24) is 0 Å². The van der Waals surface area contributed by atoms with Crippen molar-refractivity contribution in [3.8, 4) is 6.07 Å². The fourth-order valence-corrected chi connectivity index (χ4v) is 5.40. The van der Waals surface area contributed by atoms with Crippen LogP contribution in [0.2, 0.25) is 10.0 Å². The summed E-state index contributed by atoms with van der Waals surface area (Å²) in [5.41, 5.74) is -2.08. The van der Waals surface area contributed by atoms with Gasteiger partial charge in [0.25, 0.3) is 0 Å². The van der Waals surface area contributed by atoms with Gasteiger partial charge >= 0.3 is 10.1 Å². The first kappa shape index (κ1) is 25.3. The molecule has 2 atom stereocenters. The number of benzene rings is 1. The number of hydrogen-bond donors (Lipinski definition) is 0. The molecule has 0 fully saturated rings. The van der Waals surface area contributed by atoms with Crippen LogP contribution in [0.3, 0.4) is 0 Å². The Morgan fingerprint density at radius 3 is 1.86 bits per heavy atom. The van der Waals surface area contributed by atoms with E-state index in [2.05, 4.69) is 0 Å². The molecule has 0 spiro atoms. The number of halogens is 12. The van der Waals surface area contributed by atoms with Crippen LogP contribution in [0, 0.1) is 11.3 Å². The summed E-state index contributed by atoms with van der Waals surface area (Å²) in [6, 6.07) is 1.98. The second-order valence-electron chi connectivity index (χ2n) is 5.27. The minimum atomic E-state index is -4.87. The van der Waals surface area contributed by atoms with E-state index in [1.54, 1.807) is 0 Å². The van der Waals surface area contributed by atoms with E-state index in [-0.39, 0.29) is 4.90 Å². The molecular weight excluding hydrogens is 575 g/mol. The van der Waals surface area contributed by atoms with Gasteiger partial charge in [-0.25, -0.2) is 4.21 Å². The molecule has 1 heterocycles. The summed E-state index contributed by atoms with van der Waals surface area (Å²) in [6.07, 6.45) is -4.87. The number of nitriles is 1. The minimum absolute atomic E-state index is 0.0872. The molecule has 0 bridgehead atoms. The van der Waals surface area contributed by atoms with Gasteiger partial charge in [0.1, 0.15) is 15.7 Å². The first-order chi connectivity index (χ1) is 12.9. The Morgan fingerprint density at radius 1 is 1.07 bits per heavy atom. The van der Waals surface area contributed by atoms with Crippen LogP contribution in [-0.4, -0.2) is 17.5 Å². The Labute approximate surface area is 197 Å². The maximum absolute atomic E-state index is 15.2. The van der Waals surface area contributed by atoms with Crippen LogP contribution in [0.4, 0.5) is 27.6 Å². The smallest absolute Gasteiger partial charge is 0.279 e. The number of hydrogen-bond acceptors (Lipinski definition) is 3. The molecule has 1 aromatic rings. The fraction of sp³-hybridized carbons (Fsp3) is 0.308. The van der Waals surface area contributed by atoms with E-state index >= 15 is 4.39 Å². The molecule has 16 heteroatoms. The van der Waals surface area contributed by atoms with Crippen LogP contribution in [0.1, 0.15) is 5.56 Å². The summed E-state index contributed by atoms with van der Waals surface area (Å²) in [7, 11) is -3.35. The van der Waals surface area contributed by atoms with Crippen molar-refractivity contribution in [1.29, 1.82) is 5.26 Å². The van der Waals surface area contributed by atoms with E-state index in [9.17, 15) is 27.0 Å². The SMILES string of the molecule is N#CC1(Cl)C(S(=O)C(F)(Cl)Cl)=C(F)N(c2c(Cl)cc(C(F)(F)F)cc2Cl)C1(Cl)Cl. The maximum Gasteiger partial charge on any atom is 0.416 e. The zero-order chi connectivity index (χ0) is 22.7. The number of alkyl halides is 9. The van der Waals surface area contributed by atoms with Gasteiger partial charge in [0.2, 0.25) is 15.3 Å². The molecule has 0 aromatic heterocycles. The highest BCUT2D eigenvalue weighted by molar-refractivity contribution is 7.93. The van der Waals surface area contributed by atoms with Crippen molar-refractivity contribution in [2.75, 3.05) is 4.90 Å². The lowest BCUT2D eigenvalue weighted by molar-refractivity contribution is -0.137. The van der Waals surface area contributed by atoms with Gasteiger partial charge in [0, 0.05) is 0 Å². The maximum atomic E-state index is 15.2. The lowest BCUT2D eigenvalue weighted by Crippen LogP contribution is -2.48. The molecular formula is C13H2Cl7F5N2OS. The van der Waals surface area contributed by atoms with Gasteiger partial charge in [-0.05, 0) is 12.1 Å². The molecule has 29 heavy (non-hydrogen) atoms. The van der Waals surface area contributed by atoms with Crippen LogP contribution in [0.25, 0.3) is 0 Å². The summed E-state index contributed by atoms with van der Waals surface area (Å²) < 4.78 is 73.4. The van der Waals surface area contributed by atoms with E-state index in [1.807, 2.05) is 0 Å². The van der Waals surface area contributed by atoms with Gasteiger partial charge in [-0.1, -0.05) is 81.2 Å². The first-order valence-electron chi connectivity index (χ1n) is 6.64.